The molecule has 3 aromatic carbocycles. The number of hydrogen-bond donors (Lipinski definition) is 1. The molecule has 0 aliphatic carbocycles. The van der Waals surface area contributed by atoms with E-state index in [4.69, 9.17) is 9.47 Å². The molecular weight excluding hydrogens is 452 g/mol. The number of rotatable bonds is 8. The number of para-hydroxylation sites is 2. The fourth-order valence-electron chi connectivity index (χ4n) is 4.12. The summed E-state index contributed by atoms with van der Waals surface area (Å²) in [4.78, 5) is 12.6. The van der Waals surface area contributed by atoms with Crippen molar-refractivity contribution in [1.29, 1.82) is 0 Å². The lowest BCUT2D eigenvalue weighted by Crippen LogP contribution is -2.35. The predicted octanol–water partition coefficient (Wildman–Crippen LogP) is 4.09. The molecule has 34 heavy (non-hydrogen) atoms. The van der Waals surface area contributed by atoms with E-state index in [1.54, 1.807) is 19.2 Å². The molecule has 0 saturated carbocycles. The Bertz CT molecular complexity index is 1260. The fraction of sp³-hybridized carbons (Fsp3) is 0.269. The molecule has 1 unspecified atom stereocenters. The number of amides is 1. The molecule has 178 valence electrons. The molecule has 3 aromatic rings. The highest BCUT2D eigenvalue weighted by Gasteiger charge is 2.28. The quantitative estimate of drug-likeness (QED) is 0.525. The minimum Gasteiger partial charge on any atom is -0.496 e. The van der Waals surface area contributed by atoms with Crippen molar-refractivity contribution in [3.05, 3.63) is 83.9 Å². The van der Waals surface area contributed by atoms with Crippen LogP contribution in [0.2, 0.25) is 0 Å². The number of carbonyl (C=O) groups excluding carboxylic acids is 1. The molecule has 0 saturated heterocycles. The number of fused-ring (bicyclic) bond motifs is 1. The van der Waals surface area contributed by atoms with Crippen molar-refractivity contribution < 1.29 is 22.7 Å². The Balaban J connectivity index is 1.38. The number of carbonyl (C=O) groups is 1. The molecule has 1 heterocycles. The average Bonchev–Trinajstić information content (AvgIpc) is 2.87. The summed E-state index contributed by atoms with van der Waals surface area (Å²) in [6.45, 7) is 2.13. The Morgan fingerprint density at radius 3 is 2.50 bits per heavy atom. The first kappa shape index (κ1) is 23.6. The first-order valence-electron chi connectivity index (χ1n) is 11.2. The van der Waals surface area contributed by atoms with Crippen molar-refractivity contribution in [3.63, 3.8) is 0 Å². The van der Waals surface area contributed by atoms with Crippen molar-refractivity contribution in [2.75, 3.05) is 24.6 Å². The van der Waals surface area contributed by atoms with Crippen LogP contribution in [0.25, 0.3) is 0 Å². The minimum absolute atomic E-state index is 0.186. The topological polar surface area (TPSA) is 84.9 Å². The first-order chi connectivity index (χ1) is 16.4. The number of aryl methyl sites for hydroxylation is 1. The number of hydrogen-bond acceptors (Lipinski definition) is 5. The van der Waals surface area contributed by atoms with Gasteiger partial charge in [-0.1, -0.05) is 36.4 Å². The maximum absolute atomic E-state index is 13.2. The van der Waals surface area contributed by atoms with Crippen LogP contribution in [-0.2, 0) is 21.2 Å². The van der Waals surface area contributed by atoms with Gasteiger partial charge in [0.15, 0.2) is 6.61 Å². The molecule has 0 radical (unpaired) electrons. The van der Waals surface area contributed by atoms with E-state index in [9.17, 15) is 13.2 Å². The Morgan fingerprint density at radius 1 is 1.03 bits per heavy atom. The highest BCUT2D eigenvalue weighted by molar-refractivity contribution is 7.92. The van der Waals surface area contributed by atoms with E-state index in [0.29, 0.717) is 18.0 Å². The van der Waals surface area contributed by atoms with Crippen molar-refractivity contribution in [2.24, 2.45) is 0 Å². The van der Waals surface area contributed by atoms with Crippen LogP contribution >= 0.6 is 0 Å². The summed E-state index contributed by atoms with van der Waals surface area (Å²) in [5.41, 5.74) is 2.63. The molecule has 0 fully saturated rings. The summed E-state index contributed by atoms with van der Waals surface area (Å²) in [5, 5.41) is 2.88. The zero-order valence-electron chi connectivity index (χ0n) is 19.2. The van der Waals surface area contributed by atoms with E-state index in [-0.39, 0.29) is 23.5 Å². The van der Waals surface area contributed by atoms with E-state index < -0.39 is 10.0 Å². The molecular formula is C26H28N2O5S. The first-order valence-corrected chi connectivity index (χ1v) is 12.6. The zero-order chi connectivity index (χ0) is 24.1. The summed E-state index contributed by atoms with van der Waals surface area (Å²) in [6.07, 6.45) is 1.65. The third kappa shape index (κ3) is 5.02. The largest absolute Gasteiger partial charge is 0.496 e. The van der Waals surface area contributed by atoms with Gasteiger partial charge < -0.3 is 14.8 Å². The van der Waals surface area contributed by atoms with E-state index in [1.165, 1.54) is 16.4 Å². The third-order valence-electron chi connectivity index (χ3n) is 5.83. The Hall–Kier alpha value is -3.52. The van der Waals surface area contributed by atoms with Gasteiger partial charge in [0.1, 0.15) is 11.5 Å². The van der Waals surface area contributed by atoms with Gasteiger partial charge in [-0.05, 0) is 61.7 Å². The van der Waals surface area contributed by atoms with Crippen LogP contribution in [0.5, 0.6) is 11.5 Å². The lowest BCUT2D eigenvalue weighted by Gasteiger charge is -2.30. The lowest BCUT2D eigenvalue weighted by molar-refractivity contribution is -0.123. The molecule has 4 rings (SSSR count). The zero-order valence-corrected chi connectivity index (χ0v) is 20.0. The summed E-state index contributed by atoms with van der Waals surface area (Å²) in [5.74, 6) is 0.822. The Kier molecular flexibility index (Phi) is 7.07. The maximum Gasteiger partial charge on any atom is 0.264 e. The highest BCUT2D eigenvalue weighted by atomic mass is 32.2. The number of benzene rings is 3. The summed E-state index contributed by atoms with van der Waals surface area (Å²) in [7, 11) is -2.10. The smallest absolute Gasteiger partial charge is 0.264 e. The number of sulfonamides is 1. The standard InChI is InChI=1S/C26H28N2O5S/c1-19(23-10-4-6-12-25(23)32-2)27-26(29)18-33-21-13-15-22(16-14-21)34(30,31)28-17-7-9-20-8-3-5-11-24(20)28/h3-6,8,10-16,19H,7,9,17-18H2,1-2H3,(H,27,29). The second-order valence-electron chi connectivity index (χ2n) is 8.10. The van der Waals surface area contributed by atoms with Gasteiger partial charge in [-0.25, -0.2) is 8.42 Å². The molecule has 0 bridgehead atoms. The fourth-order valence-corrected chi connectivity index (χ4v) is 5.66. The molecule has 0 aromatic heterocycles. The van der Waals surface area contributed by atoms with Crippen LogP contribution in [-0.4, -0.2) is 34.6 Å². The molecule has 1 aliphatic heterocycles. The van der Waals surface area contributed by atoms with E-state index in [1.807, 2.05) is 55.5 Å². The normalized spacial score (nSPS) is 14.1. The van der Waals surface area contributed by atoms with Gasteiger partial charge in [0, 0.05) is 12.1 Å². The minimum atomic E-state index is -3.69. The molecule has 1 aliphatic rings. The number of nitrogens with zero attached hydrogens (tertiary/aromatic N) is 1. The summed E-state index contributed by atoms with van der Waals surface area (Å²) >= 11 is 0. The molecule has 1 atom stereocenters. The van der Waals surface area contributed by atoms with Crippen molar-refractivity contribution in [1.82, 2.24) is 5.32 Å². The van der Waals surface area contributed by atoms with Gasteiger partial charge in [0.05, 0.1) is 23.7 Å². The van der Waals surface area contributed by atoms with E-state index >= 15 is 0 Å². The van der Waals surface area contributed by atoms with Crippen LogP contribution in [0, 0.1) is 0 Å². The van der Waals surface area contributed by atoms with Crippen LogP contribution < -0.4 is 19.1 Å². The third-order valence-corrected chi connectivity index (χ3v) is 7.66. The van der Waals surface area contributed by atoms with Crippen LogP contribution in [0.4, 0.5) is 5.69 Å². The van der Waals surface area contributed by atoms with Crippen molar-refractivity contribution in [3.8, 4) is 11.5 Å². The molecule has 0 spiro atoms. The molecule has 1 N–H and O–H groups in total. The lowest BCUT2D eigenvalue weighted by atomic mass is 10.0. The Labute approximate surface area is 200 Å². The van der Waals surface area contributed by atoms with E-state index in [0.717, 1.165) is 29.7 Å². The average molecular weight is 481 g/mol. The molecule has 8 heteroatoms. The van der Waals surface area contributed by atoms with E-state index in [2.05, 4.69) is 5.32 Å². The number of nitrogens with one attached hydrogen (secondary N) is 1. The van der Waals surface area contributed by atoms with Crippen LogP contribution in [0.15, 0.2) is 77.7 Å². The van der Waals surface area contributed by atoms with Gasteiger partial charge in [0.25, 0.3) is 15.9 Å². The van der Waals surface area contributed by atoms with Gasteiger partial charge in [0.2, 0.25) is 0 Å². The van der Waals surface area contributed by atoms with Crippen LogP contribution in [0.3, 0.4) is 0 Å². The SMILES string of the molecule is COc1ccccc1C(C)NC(=O)COc1ccc(S(=O)(=O)N2CCCc3ccccc32)cc1. The Morgan fingerprint density at radius 2 is 1.74 bits per heavy atom. The maximum atomic E-state index is 13.2. The molecule has 1 amide bonds. The van der Waals surface area contributed by atoms with Crippen molar-refractivity contribution in [2.45, 2.75) is 30.7 Å². The highest BCUT2D eigenvalue weighted by Crippen LogP contribution is 2.32. The monoisotopic (exact) mass is 480 g/mol. The molecule has 7 nitrogen and oxygen atoms in total. The summed E-state index contributed by atoms with van der Waals surface area (Å²) < 4.78 is 38.9. The van der Waals surface area contributed by atoms with Gasteiger partial charge >= 0.3 is 0 Å². The van der Waals surface area contributed by atoms with Crippen molar-refractivity contribution >= 4 is 21.6 Å². The second kappa shape index (κ2) is 10.2. The van der Waals surface area contributed by atoms with Gasteiger partial charge in [-0.15, -0.1) is 0 Å². The van der Waals surface area contributed by atoms with Gasteiger partial charge in [-0.2, -0.15) is 0 Å². The van der Waals surface area contributed by atoms with Crippen LogP contribution in [0.1, 0.15) is 30.5 Å². The predicted molar refractivity (Wildman–Crippen MR) is 131 cm³/mol. The number of anilines is 1. The number of methoxy groups -OCH3 is 1. The second-order valence-corrected chi connectivity index (χ2v) is 9.96. The summed E-state index contributed by atoms with van der Waals surface area (Å²) in [6, 6.07) is 21.0. The number of ether oxygens (including phenoxy) is 2. The van der Waals surface area contributed by atoms with Gasteiger partial charge in [-0.3, -0.25) is 9.10 Å².